The van der Waals surface area contributed by atoms with Gasteiger partial charge in [-0.25, -0.2) is 0 Å². The second kappa shape index (κ2) is 7.54. The van der Waals surface area contributed by atoms with E-state index in [2.05, 4.69) is 5.32 Å². The van der Waals surface area contributed by atoms with E-state index in [-0.39, 0.29) is 23.8 Å². The van der Waals surface area contributed by atoms with Crippen molar-refractivity contribution in [1.29, 1.82) is 0 Å². The second-order valence-electron chi connectivity index (χ2n) is 5.13. The van der Waals surface area contributed by atoms with E-state index in [1.807, 2.05) is 19.9 Å². The quantitative estimate of drug-likeness (QED) is 0.875. The first-order valence-corrected chi connectivity index (χ1v) is 8.51. The van der Waals surface area contributed by atoms with Gasteiger partial charge in [0, 0.05) is 11.7 Å². The van der Waals surface area contributed by atoms with Crippen LogP contribution in [-0.2, 0) is 16.1 Å². The monoisotopic (exact) mass is 310 g/mol. The molecule has 1 atom stereocenters. The van der Waals surface area contributed by atoms with E-state index in [1.165, 1.54) is 0 Å². The van der Waals surface area contributed by atoms with Crippen LogP contribution in [0.25, 0.3) is 0 Å². The summed E-state index contributed by atoms with van der Waals surface area (Å²) in [4.78, 5) is 26.5. The third-order valence-electron chi connectivity index (χ3n) is 3.82. The lowest BCUT2D eigenvalue weighted by atomic mass is 10.0. The normalized spacial score (nSPS) is 18.2. The average molecular weight is 310 g/mol. The molecule has 0 saturated carbocycles. The Bertz CT molecular complexity index is 471. The zero-order valence-electron chi connectivity index (χ0n) is 12.5. The van der Waals surface area contributed by atoms with E-state index in [9.17, 15) is 9.59 Å². The molecule has 1 aromatic heterocycles. The Hall–Kier alpha value is -1.43. The molecule has 0 bridgehead atoms. The molecule has 1 saturated heterocycles. The molecular weight excluding hydrogens is 288 g/mol. The molecule has 0 radical (unpaired) electrons. The standard InChI is InChI=1S/C15H22N2O3S/c1-3-11(4-2)15(19)17-10-21-9-13(17)14(18)16-8-12-6-5-7-20-12/h5-7,11,13H,3-4,8-10H2,1-2H3,(H,16,18). The van der Waals surface area contributed by atoms with Crippen molar-refractivity contribution in [3.8, 4) is 0 Å². The second-order valence-corrected chi connectivity index (χ2v) is 6.13. The fraction of sp³-hybridized carbons (Fsp3) is 0.600. The Morgan fingerprint density at radius 1 is 1.48 bits per heavy atom. The molecule has 5 nitrogen and oxygen atoms in total. The molecule has 1 unspecified atom stereocenters. The minimum absolute atomic E-state index is 0.0177. The summed E-state index contributed by atoms with van der Waals surface area (Å²) >= 11 is 1.63. The highest BCUT2D eigenvalue weighted by atomic mass is 32.2. The fourth-order valence-corrected chi connectivity index (χ4v) is 3.62. The van der Waals surface area contributed by atoms with E-state index in [4.69, 9.17) is 4.42 Å². The van der Waals surface area contributed by atoms with Crippen LogP contribution < -0.4 is 5.32 Å². The lowest BCUT2D eigenvalue weighted by Crippen LogP contribution is -2.48. The van der Waals surface area contributed by atoms with Gasteiger partial charge in [0.25, 0.3) is 0 Å². The summed E-state index contributed by atoms with van der Waals surface area (Å²) in [5, 5.41) is 2.85. The maximum absolute atomic E-state index is 12.5. The zero-order valence-corrected chi connectivity index (χ0v) is 13.3. The lowest BCUT2D eigenvalue weighted by Gasteiger charge is -2.26. The third-order valence-corrected chi connectivity index (χ3v) is 4.83. The van der Waals surface area contributed by atoms with E-state index >= 15 is 0 Å². The minimum Gasteiger partial charge on any atom is -0.467 e. The van der Waals surface area contributed by atoms with Gasteiger partial charge >= 0.3 is 0 Å². The van der Waals surface area contributed by atoms with Gasteiger partial charge < -0.3 is 14.6 Å². The molecule has 2 rings (SSSR count). The van der Waals surface area contributed by atoms with Gasteiger partial charge in [0.05, 0.1) is 18.7 Å². The Morgan fingerprint density at radius 2 is 2.24 bits per heavy atom. The molecule has 1 aliphatic rings. The van der Waals surface area contributed by atoms with Gasteiger partial charge in [-0.3, -0.25) is 9.59 Å². The Labute approximate surface area is 129 Å². The first-order valence-electron chi connectivity index (χ1n) is 7.35. The lowest BCUT2D eigenvalue weighted by molar-refractivity contribution is -0.141. The number of carbonyl (C=O) groups excluding carboxylic acids is 2. The molecule has 1 fully saturated rings. The number of hydrogen-bond acceptors (Lipinski definition) is 4. The summed E-state index contributed by atoms with van der Waals surface area (Å²) in [5.74, 6) is 2.00. The van der Waals surface area contributed by atoms with Crippen LogP contribution in [0.3, 0.4) is 0 Å². The Morgan fingerprint density at radius 3 is 2.86 bits per heavy atom. The first-order chi connectivity index (χ1) is 10.2. The predicted molar refractivity (Wildman–Crippen MR) is 82.6 cm³/mol. The maximum atomic E-state index is 12.5. The topological polar surface area (TPSA) is 62.6 Å². The van der Waals surface area contributed by atoms with Crippen LogP contribution in [0.2, 0.25) is 0 Å². The maximum Gasteiger partial charge on any atom is 0.244 e. The largest absolute Gasteiger partial charge is 0.467 e. The summed E-state index contributed by atoms with van der Waals surface area (Å²) in [6, 6.07) is 3.24. The van der Waals surface area contributed by atoms with E-state index in [0.717, 1.165) is 12.8 Å². The van der Waals surface area contributed by atoms with Gasteiger partial charge in [0.15, 0.2) is 0 Å². The molecule has 1 aromatic rings. The van der Waals surface area contributed by atoms with Crippen molar-refractivity contribution in [2.24, 2.45) is 5.92 Å². The number of nitrogens with zero attached hydrogens (tertiary/aromatic N) is 1. The van der Waals surface area contributed by atoms with Crippen molar-refractivity contribution in [1.82, 2.24) is 10.2 Å². The zero-order chi connectivity index (χ0) is 15.2. The number of thioether (sulfide) groups is 1. The van der Waals surface area contributed by atoms with Crippen molar-refractivity contribution in [3.05, 3.63) is 24.2 Å². The Balaban J connectivity index is 1.94. The molecule has 2 amide bonds. The third kappa shape index (κ3) is 3.81. The molecular formula is C15H22N2O3S. The summed E-state index contributed by atoms with van der Waals surface area (Å²) in [6.45, 7) is 4.39. The van der Waals surface area contributed by atoms with Crippen molar-refractivity contribution in [2.75, 3.05) is 11.6 Å². The highest BCUT2D eigenvalue weighted by Gasteiger charge is 2.36. The molecule has 21 heavy (non-hydrogen) atoms. The van der Waals surface area contributed by atoms with E-state index in [1.54, 1.807) is 29.0 Å². The highest BCUT2D eigenvalue weighted by molar-refractivity contribution is 7.99. The van der Waals surface area contributed by atoms with Gasteiger partial charge in [0.1, 0.15) is 11.8 Å². The molecule has 0 aromatic carbocycles. The number of furan rings is 1. The van der Waals surface area contributed by atoms with E-state index < -0.39 is 0 Å². The van der Waals surface area contributed by atoms with Gasteiger partial charge in [-0.15, -0.1) is 11.8 Å². The fourth-order valence-electron chi connectivity index (χ4n) is 2.45. The molecule has 116 valence electrons. The van der Waals surface area contributed by atoms with Gasteiger partial charge in [0.2, 0.25) is 11.8 Å². The van der Waals surface area contributed by atoms with Crippen molar-refractivity contribution < 1.29 is 14.0 Å². The van der Waals surface area contributed by atoms with Crippen LogP contribution >= 0.6 is 11.8 Å². The summed E-state index contributed by atoms with van der Waals surface area (Å²) < 4.78 is 5.19. The van der Waals surface area contributed by atoms with Gasteiger partial charge in [-0.2, -0.15) is 0 Å². The summed E-state index contributed by atoms with van der Waals surface area (Å²) in [6.07, 6.45) is 3.21. The number of rotatable bonds is 6. The molecule has 0 spiro atoms. The average Bonchev–Trinajstić information content (AvgIpc) is 3.17. The highest BCUT2D eigenvalue weighted by Crippen LogP contribution is 2.25. The van der Waals surface area contributed by atoms with Crippen LogP contribution in [0, 0.1) is 5.92 Å². The van der Waals surface area contributed by atoms with Crippen LogP contribution in [0.15, 0.2) is 22.8 Å². The van der Waals surface area contributed by atoms with Crippen LogP contribution in [-0.4, -0.2) is 34.4 Å². The Kier molecular flexibility index (Phi) is 5.73. The summed E-state index contributed by atoms with van der Waals surface area (Å²) in [5.41, 5.74) is 0. The van der Waals surface area contributed by atoms with Crippen molar-refractivity contribution >= 4 is 23.6 Å². The SMILES string of the molecule is CCC(CC)C(=O)N1CSCC1C(=O)NCc1ccco1. The van der Waals surface area contributed by atoms with Crippen molar-refractivity contribution in [3.63, 3.8) is 0 Å². The smallest absolute Gasteiger partial charge is 0.244 e. The molecule has 6 heteroatoms. The predicted octanol–water partition coefficient (Wildman–Crippen LogP) is 2.23. The number of carbonyl (C=O) groups is 2. The van der Waals surface area contributed by atoms with Crippen LogP contribution in [0.4, 0.5) is 0 Å². The van der Waals surface area contributed by atoms with Gasteiger partial charge in [-0.1, -0.05) is 13.8 Å². The van der Waals surface area contributed by atoms with Gasteiger partial charge in [-0.05, 0) is 25.0 Å². The first kappa shape index (κ1) is 15.9. The molecule has 1 aliphatic heterocycles. The van der Waals surface area contributed by atoms with Crippen LogP contribution in [0.1, 0.15) is 32.4 Å². The van der Waals surface area contributed by atoms with Crippen LogP contribution in [0.5, 0.6) is 0 Å². The summed E-state index contributed by atoms with van der Waals surface area (Å²) in [7, 11) is 0. The number of nitrogens with one attached hydrogen (secondary N) is 1. The number of hydrogen-bond donors (Lipinski definition) is 1. The minimum atomic E-state index is -0.363. The molecule has 2 heterocycles. The van der Waals surface area contributed by atoms with E-state index in [0.29, 0.717) is 23.9 Å². The van der Waals surface area contributed by atoms with Crippen molar-refractivity contribution in [2.45, 2.75) is 39.3 Å². The molecule has 1 N–H and O–H groups in total. The molecule has 0 aliphatic carbocycles. The number of amides is 2.